The lowest BCUT2D eigenvalue weighted by Crippen LogP contribution is -2.49. The Hall–Kier alpha value is -1.84. The molecule has 23 heavy (non-hydrogen) atoms. The van der Waals surface area contributed by atoms with Crippen LogP contribution in [0.2, 0.25) is 0 Å². The lowest BCUT2D eigenvalue weighted by Gasteiger charge is -2.31. The Kier molecular flexibility index (Phi) is 5.45. The van der Waals surface area contributed by atoms with Crippen LogP contribution in [-0.2, 0) is 14.8 Å². The highest BCUT2D eigenvalue weighted by Crippen LogP contribution is 2.26. The number of carbonyl (C=O) groups excluding carboxylic acids is 1. The van der Waals surface area contributed by atoms with Crippen LogP contribution in [0.15, 0.2) is 18.2 Å². The second kappa shape index (κ2) is 7.16. The van der Waals surface area contributed by atoms with E-state index in [0.29, 0.717) is 6.54 Å². The summed E-state index contributed by atoms with van der Waals surface area (Å²) in [6, 6.07) is 4.52. The summed E-state index contributed by atoms with van der Waals surface area (Å²) in [5, 5.41) is 12.4. The standard InChI is InChI=1S/C14H20N2O6S/c1-21-12-5-3-4-11(17)13(12)14(18)15-8-10-9-16(6-7-22-10)23(2,19)20/h3-5,10,17H,6-9H2,1-2H3,(H,15,18)/t10-/m0/s1. The van der Waals surface area contributed by atoms with E-state index >= 15 is 0 Å². The Balaban J connectivity index is 2.00. The molecule has 1 fully saturated rings. The molecule has 128 valence electrons. The van der Waals surface area contributed by atoms with Crippen molar-refractivity contribution in [2.24, 2.45) is 0 Å². The molecule has 1 saturated heterocycles. The third-order valence-electron chi connectivity index (χ3n) is 3.51. The van der Waals surface area contributed by atoms with Crippen molar-refractivity contribution in [2.75, 3.05) is 39.6 Å². The maximum atomic E-state index is 12.2. The van der Waals surface area contributed by atoms with Crippen molar-refractivity contribution in [3.8, 4) is 11.5 Å². The molecule has 2 rings (SSSR count). The predicted molar refractivity (Wildman–Crippen MR) is 83.1 cm³/mol. The summed E-state index contributed by atoms with van der Waals surface area (Å²) in [6.45, 7) is 0.878. The van der Waals surface area contributed by atoms with Gasteiger partial charge in [-0.15, -0.1) is 0 Å². The summed E-state index contributed by atoms with van der Waals surface area (Å²) in [5.41, 5.74) is 0.0331. The van der Waals surface area contributed by atoms with Gasteiger partial charge in [-0.05, 0) is 12.1 Å². The van der Waals surface area contributed by atoms with Gasteiger partial charge in [-0.3, -0.25) is 4.79 Å². The van der Waals surface area contributed by atoms with Crippen molar-refractivity contribution < 1.29 is 27.8 Å². The SMILES string of the molecule is COc1cccc(O)c1C(=O)NC[C@H]1CN(S(C)(=O)=O)CCO1. The molecule has 0 aromatic heterocycles. The van der Waals surface area contributed by atoms with Crippen molar-refractivity contribution in [1.82, 2.24) is 9.62 Å². The summed E-state index contributed by atoms with van der Waals surface area (Å²) < 4.78 is 34.9. The van der Waals surface area contributed by atoms with Gasteiger partial charge in [-0.25, -0.2) is 8.42 Å². The number of methoxy groups -OCH3 is 1. The first-order chi connectivity index (χ1) is 10.8. The highest BCUT2D eigenvalue weighted by Gasteiger charge is 2.27. The minimum absolute atomic E-state index is 0.0331. The van der Waals surface area contributed by atoms with Gasteiger partial charge in [0.2, 0.25) is 10.0 Å². The molecule has 1 amide bonds. The first-order valence-corrected chi connectivity index (χ1v) is 8.88. The topological polar surface area (TPSA) is 105 Å². The molecule has 2 N–H and O–H groups in total. The highest BCUT2D eigenvalue weighted by molar-refractivity contribution is 7.88. The van der Waals surface area contributed by atoms with E-state index in [1.54, 1.807) is 12.1 Å². The molecule has 1 aromatic rings. The largest absolute Gasteiger partial charge is 0.507 e. The van der Waals surface area contributed by atoms with Crippen LogP contribution in [0.3, 0.4) is 0 Å². The second-order valence-corrected chi connectivity index (χ2v) is 7.16. The van der Waals surface area contributed by atoms with Crippen LogP contribution in [0.1, 0.15) is 10.4 Å². The number of ether oxygens (including phenoxy) is 2. The molecule has 1 aliphatic heterocycles. The van der Waals surface area contributed by atoms with E-state index in [-0.39, 0.29) is 36.8 Å². The third-order valence-corrected chi connectivity index (χ3v) is 4.78. The van der Waals surface area contributed by atoms with E-state index in [4.69, 9.17) is 9.47 Å². The molecule has 1 atom stereocenters. The zero-order valence-electron chi connectivity index (χ0n) is 13.0. The number of amides is 1. The van der Waals surface area contributed by atoms with Gasteiger partial charge >= 0.3 is 0 Å². The average Bonchev–Trinajstić information content (AvgIpc) is 2.51. The zero-order chi connectivity index (χ0) is 17.0. The van der Waals surface area contributed by atoms with Gasteiger partial charge in [-0.2, -0.15) is 4.31 Å². The fraction of sp³-hybridized carbons (Fsp3) is 0.500. The minimum atomic E-state index is -3.29. The maximum Gasteiger partial charge on any atom is 0.258 e. The Morgan fingerprint density at radius 3 is 2.91 bits per heavy atom. The molecule has 0 aliphatic carbocycles. The van der Waals surface area contributed by atoms with Crippen LogP contribution in [-0.4, -0.2) is 69.4 Å². The number of rotatable bonds is 5. The Morgan fingerprint density at radius 2 is 2.26 bits per heavy atom. The number of aromatic hydroxyl groups is 1. The Bertz CT molecular complexity index is 676. The molecule has 1 aliphatic rings. The fourth-order valence-electron chi connectivity index (χ4n) is 2.33. The van der Waals surface area contributed by atoms with E-state index in [1.807, 2.05) is 0 Å². The predicted octanol–water partition coefficient (Wildman–Crippen LogP) is -0.209. The summed E-state index contributed by atoms with van der Waals surface area (Å²) >= 11 is 0. The van der Waals surface area contributed by atoms with E-state index in [1.165, 1.54) is 17.5 Å². The van der Waals surface area contributed by atoms with Crippen molar-refractivity contribution >= 4 is 15.9 Å². The van der Waals surface area contributed by atoms with Crippen LogP contribution >= 0.6 is 0 Å². The van der Waals surface area contributed by atoms with Crippen LogP contribution in [0.5, 0.6) is 11.5 Å². The van der Waals surface area contributed by atoms with Crippen LogP contribution in [0, 0.1) is 0 Å². The molecule has 8 nitrogen and oxygen atoms in total. The number of carbonyl (C=O) groups is 1. The van der Waals surface area contributed by atoms with Crippen molar-refractivity contribution in [3.63, 3.8) is 0 Å². The van der Waals surface area contributed by atoms with Crippen molar-refractivity contribution in [1.29, 1.82) is 0 Å². The summed E-state index contributed by atoms with van der Waals surface area (Å²) in [7, 11) is -1.88. The van der Waals surface area contributed by atoms with Gasteiger partial charge in [0.15, 0.2) is 0 Å². The number of morpholine rings is 1. The lowest BCUT2D eigenvalue weighted by atomic mass is 10.1. The van der Waals surface area contributed by atoms with E-state index in [2.05, 4.69) is 5.32 Å². The normalized spacial score (nSPS) is 19.3. The number of hydrogen-bond donors (Lipinski definition) is 2. The molecule has 1 heterocycles. The molecule has 0 radical (unpaired) electrons. The number of nitrogens with zero attached hydrogens (tertiary/aromatic N) is 1. The smallest absolute Gasteiger partial charge is 0.258 e. The molecule has 9 heteroatoms. The molecular formula is C14H20N2O6S. The van der Waals surface area contributed by atoms with Gasteiger partial charge < -0.3 is 19.9 Å². The van der Waals surface area contributed by atoms with Gasteiger partial charge in [0.05, 0.1) is 26.1 Å². The average molecular weight is 344 g/mol. The number of nitrogens with one attached hydrogen (secondary N) is 1. The summed E-state index contributed by atoms with van der Waals surface area (Å²) in [4.78, 5) is 12.2. The van der Waals surface area contributed by atoms with Crippen LogP contribution < -0.4 is 10.1 Å². The number of sulfonamides is 1. The molecule has 1 aromatic carbocycles. The van der Waals surface area contributed by atoms with Gasteiger partial charge in [0, 0.05) is 19.6 Å². The second-order valence-electron chi connectivity index (χ2n) is 5.18. The molecule has 0 spiro atoms. The highest BCUT2D eigenvalue weighted by atomic mass is 32.2. The monoisotopic (exact) mass is 344 g/mol. The number of phenols is 1. The van der Waals surface area contributed by atoms with Crippen LogP contribution in [0.25, 0.3) is 0 Å². The quantitative estimate of drug-likeness (QED) is 0.766. The molecule has 0 saturated carbocycles. The van der Waals surface area contributed by atoms with E-state index in [0.717, 1.165) is 6.26 Å². The first kappa shape index (κ1) is 17.5. The minimum Gasteiger partial charge on any atom is -0.507 e. The van der Waals surface area contributed by atoms with Crippen LogP contribution in [0.4, 0.5) is 0 Å². The molecule has 0 unspecified atom stereocenters. The number of benzene rings is 1. The number of phenolic OH excluding ortho intramolecular Hbond substituents is 1. The summed E-state index contributed by atoms with van der Waals surface area (Å²) in [5.74, 6) is -0.450. The Morgan fingerprint density at radius 1 is 1.52 bits per heavy atom. The van der Waals surface area contributed by atoms with Gasteiger partial charge in [-0.1, -0.05) is 6.07 Å². The third kappa shape index (κ3) is 4.34. The van der Waals surface area contributed by atoms with Crippen molar-refractivity contribution in [3.05, 3.63) is 23.8 Å². The molecule has 0 bridgehead atoms. The van der Waals surface area contributed by atoms with Gasteiger partial charge in [0.25, 0.3) is 5.91 Å². The van der Waals surface area contributed by atoms with E-state index < -0.39 is 22.0 Å². The maximum absolute atomic E-state index is 12.2. The first-order valence-electron chi connectivity index (χ1n) is 7.04. The van der Waals surface area contributed by atoms with Gasteiger partial charge in [0.1, 0.15) is 17.1 Å². The van der Waals surface area contributed by atoms with Crippen molar-refractivity contribution in [2.45, 2.75) is 6.10 Å². The zero-order valence-corrected chi connectivity index (χ0v) is 13.8. The fourth-order valence-corrected chi connectivity index (χ4v) is 3.17. The Labute approximate surface area is 135 Å². The number of hydrogen-bond acceptors (Lipinski definition) is 6. The lowest BCUT2D eigenvalue weighted by molar-refractivity contribution is 0.000411. The summed E-state index contributed by atoms with van der Waals surface area (Å²) in [6.07, 6.45) is 0.695. The van der Waals surface area contributed by atoms with E-state index in [9.17, 15) is 18.3 Å². The molecular weight excluding hydrogens is 324 g/mol.